The lowest BCUT2D eigenvalue weighted by Gasteiger charge is -2.34. The van der Waals surface area contributed by atoms with Gasteiger partial charge in [0.1, 0.15) is 13.2 Å². The van der Waals surface area contributed by atoms with Crippen molar-refractivity contribution >= 4 is 11.9 Å². The van der Waals surface area contributed by atoms with E-state index in [0.717, 1.165) is 5.56 Å². The standard InChI is InChI=1S/C20H25NO6/c1-19(2,13-3-4-15-16(9-13)27-8-7-26-15)17(22)21-10-14-11-25-6-5-20(14,12-21)18(23)24/h3-4,9,14H,5-8,10-12H2,1-2H3,(H,23,24)/t14-,20+/m0/s1. The highest BCUT2D eigenvalue weighted by Gasteiger charge is 2.56. The average molecular weight is 375 g/mol. The molecule has 3 heterocycles. The summed E-state index contributed by atoms with van der Waals surface area (Å²) < 4.78 is 16.7. The summed E-state index contributed by atoms with van der Waals surface area (Å²) >= 11 is 0. The second kappa shape index (κ2) is 6.41. The van der Waals surface area contributed by atoms with Crippen molar-refractivity contribution in [2.45, 2.75) is 25.7 Å². The quantitative estimate of drug-likeness (QED) is 0.865. The Morgan fingerprint density at radius 3 is 2.63 bits per heavy atom. The van der Waals surface area contributed by atoms with Gasteiger partial charge < -0.3 is 24.2 Å². The minimum Gasteiger partial charge on any atom is -0.486 e. The number of carbonyl (C=O) groups excluding carboxylic acids is 1. The molecule has 0 spiro atoms. The number of ether oxygens (including phenoxy) is 3. The van der Waals surface area contributed by atoms with E-state index in [1.165, 1.54) is 0 Å². The van der Waals surface area contributed by atoms with E-state index in [9.17, 15) is 14.7 Å². The van der Waals surface area contributed by atoms with Crippen LogP contribution < -0.4 is 9.47 Å². The Morgan fingerprint density at radius 1 is 1.19 bits per heavy atom. The zero-order chi connectivity index (χ0) is 19.2. The minimum absolute atomic E-state index is 0.0748. The lowest BCUT2D eigenvalue weighted by atomic mass is 9.74. The number of amides is 1. The van der Waals surface area contributed by atoms with Crippen molar-refractivity contribution in [3.05, 3.63) is 23.8 Å². The number of fused-ring (bicyclic) bond motifs is 2. The predicted molar refractivity (Wildman–Crippen MR) is 96.0 cm³/mol. The van der Waals surface area contributed by atoms with Crippen LogP contribution in [-0.4, -0.2) is 61.4 Å². The van der Waals surface area contributed by atoms with Gasteiger partial charge in [-0.3, -0.25) is 9.59 Å². The molecule has 1 aromatic rings. The van der Waals surface area contributed by atoms with E-state index in [1.54, 1.807) is 4.90 Å². The number of carboxylic acid groups (broad SMARTS) is 1. The molecule has 0 saturated carbocycles. The van der Waals surface area contributed by atoms with Gasteiger partial charge in [0.25, 0.3) is 0 Å². The first-order valence-electron chi connectivity index (χ1n) is 9.35. The molecule has 1 N–H and O–H groups in total. The zero-order valence-corrected chi connectivity index (χ0v) is 15.7. The van der Waals surface area contributed by atoms with Crippen molar-refractivity contribution in [1.29, 1.82) is 0 Å². The van der Waals surface area contributed by atoms with Crippen molar-refractivity contribution in [3.63, 3.8) is 0 Å². The van der Waals surface area contributed by atoms with Crippen LogP contribution >= 0.6 is 0 Å². The molecular formula is C20H25NO6. The number of rotatable bonds is 3. The maximum atomic E-state index is 13.4. The van der Waals surface area contributed by atoms with Gasteiger partial charge in [-0.2, -0.15) is 0 Å². The van der Waals surface area contributed by atoms with Crippen molar-refractivity contribution in [3.8, 4) is 11.5 Å². The molecule has 7 heteroatoms. The Balaban J connectivity index is 1.59. The molecule has 4 rings (SSSR count). The van der Waals surface area contributed by atoms with E-state index in [1.807, 2.05) is 32.0 Å². The van der Waals surface area contributed by atoms with Crippen molar-refractivity contribution in [2.24, 2.45) is 11.3 Å². The van der Waals surface area contributed by atoms with Crippen LogP contribution in [0.3, 0.4) is 0 Å². The molecule has 0 aliphatic carbocycles. The van der Waals surface area contributed by atoms with Gasteiger partial charge in [0.15, 0.2) is 11.5 Å². The molecule has 2 fully saturated rings. The molecule has 7 nitrogen and oxygen atoms in total. The van der Waals surface area contributed by atoms with Gasteiger partial charge in [0.05, 0.1) is 17.4 Å². The summed E-state index contributed by atoms with van der Waals surface area (Å²) in [7, 11) is 0. The smallest absolute Gasteiger partial charge is 0.311 e. The summed E-state index contributed by atoms with van der Waals surface area (Å²) in [6.45, 7) is 6.21. The Kier molecular flexibility index (Phi) is 4.29. The van der Waals surface area contributed by atoms with Gasteiger partial charge >= 0.3 is 5.97 Å². The SMILES string of the molecule is CC(C)(C(=O)N1C[C@H]2COCC[C@@]2(C(=O)O)C1)c1ccc2c(c1)OCCO2. The molecule has 1 amide bonds. The molecule has 0 unspecified atom stereocenters. The van der Waals surface area contributed by atoms with E-state index >= 15 is 0 Å². The second-order valence-corrected chi connectivity index (χ2v) is 8.15. The fraction of sp³-hybridized carbons (Fsp3) is 0.600. The summed E-state index contributed by atoms with van der Waals surface area (Å²) in [5.41, 5.74) is -0.868. The van der Waals surface area contributed by atoms with Crippen LogP contribution in [0.4, 0.5) is 0 Å². The third-order valence-corrected chi connectivity index (χ3v) is 6.22. The van der Waals surface area contributed by atoms with E-state index in [2.05, 4.69) is 0 Å². The van der Waals surface area contributed by atoms with Gasteiger partial charge in [-0.1, -0.05) is 6.07 Å². The highest BCUT2D eigenvalue weighted by atomic mass is 16.6. The fourth-order valence-electron chi connectivity index (χ4n) is 4.41. The lowest BCUT2D eigenvalue weighted by Crippen LogP contribution is -2.46. The number of benzene rings is 1. The van der Waals surface area contributed by atoms with Gasteiger partial charge in [-0.05, 0) is 38.0 Å². The van der Waals surface area contributed by atoms with Crippen molar-refractivity contribution in [2.75, 3.05) is 39.5 Å². The zero-order valence-electron chi connectivity index (χ0n) is 15.7. The normalized spacial score (nSPS) is 27.2. The van der Waals surface area contributed by atoms with Crippen LogP contribution in [0.1, 0.15) is 25.8 Å². The third kappa shape index (κ3) is 2.84. The molecule has 3 aliphatic rings. The maximum Gasteiger partial charge on any atom is 0.311 e. The molecule has 0 aromatic heterocycles. The van der Waals surface area contributed by atoms with E-state index in [0.29, 0.717) is 50.9 Å². The van der Waals surface area contributed by atoms with Crippen LogP contribution in [-0.2, 0) is 19.7 Å². The van der Waals surface area contributed by atoms with E-state index < -0.39 is 16.8 Å². The number of aliphatic carboxylic acids is 1. The molecule has 1 aromatic carbocycles. The van der Waals surface area contributed by atoms with Crippen LogP contribution in [0.15, 0.2) is 18.2 Å². The van der Waals surface area contributed by atoms with Crippen molar-refractivity contribution in [1.82, 2.24) is 4.90 Å². The fourth-order valence-corrected chi connectivity index (χ4v) is 4.41. The lowest BCUT2D eigenvalue weighted by molar-refractivity contribution is -0.157. The number of carbonyl (C=O) groups is 2. The number of hydrogen-bond donors (Lipinski definition) is 1. The molecule has 2 atom stereocenters. The van der Waals surface area contributed by atoms with Crippen LogP contribution in [0, 0.1) is 11.3 Å². The largest absolute Gasteiger partial charge is 0.486 e. The molecule has 146 valence electrons. The summed E-state index contributed by atoms with van der Waals surface area (Å²) in [5.74, 6) is 0.258. The Bertz CT molecular complexity index is 776. The topological polar surface area (TPSA) is 85.3 Å². The first-order chi connectivity index (χ1) is 12.8. The van der Waals surface area contributed by atoms with Gasteiger partial charge in [0, 0.05) is 25.6 Å². The van der Waals surface area contributed by atoms with Gasteiger partial charge in [-0.25, -0.2) is 0 Å². The Hall–Kier alpha value is -2.28. The number of carboxylic acids is 1. The average Bonchev–Trinajstić information content (AvgIpc) is 3.08. The highest BCUT2D eigenvalue weighted by molar-refractivity contribution is 5.89. The number of nitrogens with zero attached hydrogens (tertiary/aromatic N) is 1. The summed E-state index contributed by atoms with van der Waals surface area (Å²) in [5, 5.41) is 9.83. The summed E-state index contributed by atoms with van der Waals surface area (Å²) in [4.78, 5) is 27.0. The third-order valence-electron chi connectivity index (χ3n) is 6.22. The molecule has 3 aliphatic heterocycles. The highest BCUT2D eigenvalue weighted by Crippen LogP contribution is 2.44. The predicted octanol–water partition coefficient (Wildman–Crippen LogP) is 1.69. The van der Waals surface area contributed by atoms with Crippen LogP contribution in [0.5, 0.6) is 11.5 Å². The van der Waals surface area contributed by atoms with Crippen molar-refractivity contribution < 1.29 is 28.9 Å². The van der Waals surface area contributed by atoms with Crippen LogP contribution in [0.25, 0.3) is 0 Å². The first-order valence-corrected chi connectivity index (χ1v) is 9.35. The Labute approximate surface area is 158 Å². The van der Waals surface area contributed by atoms with Gasteiger partial charge in [0.2, 0.25) is 5.91 Å². The number of likely N-dealkylation sites (tertiary alicyclic amines) is 1. The molecular weight excluding hydrogens is 350 g/mol. The first kappa shape index (κ1) is 18.1. The minimum atomic E-state index is -0.892. The van der Waals surface area contributed by atoms with Crippen LogP contribution in [0.2, 0.25) is 0 Å². The molecule has 0 bridgehead atoms. The summed E-state index contributed by atoms with van der Waals surface area (Å²) in [6, 6.07) is 5.56. The maximum absolute atomic E-state index is 13.4. The second-order valence-electron chi connectivity index (χ2n) is 8.15. The molecule has 2 saturated heterocycles. The van der Waals surface area contributed by atoms with E-state index in [4.69, 9.17) is 14.2 Å². The van der Waals surface area contributed by atoms with Gasteiger partial charge in [-0.15, -0.1) is 0 Å². The summed E-state index contributed by atoms with van der Waals surface area (Å²) in [6.07, 6.45) is 0.446. The Morgan fingerprint density at radius 2 is 1.93 bits per heavy atom. The molecule has 0 radical (unpaired) electrons. The monoisotopic (exact) mass is 375 g/mol. The molecule has 27 heavy (non-hydrogen) atoms. The van der Waals surface area contributed by atoms with E-state index in [-0.39, 0.29) is 18.4 Å². The number of hydrogen-bond acceptors (Lipinski definition) is 5.